The van der Waals surface area contributed by atoms with Crippen LogP contribution in [0, 0.1) is 5.82 Å². The highest BCUT2D eigenvalue weighted by atomic mass is 79.9. The molecule has 3 aromatic carbocycles. The number of benzene rings is 3. The first-order chi connectivity index (χ1) is 17.5. The van der Waals surface area contributed by atoms with Crippen LogP contribution in [-0.4, -0.2) is 35.1 Å². The van der Waals surface area contributed by atoms with Crippen LogP contribution in [0.2, 0.25) is 0 Å². The summed E-state index contributed by atoms with van der Waals surface area (Å²) in [6, 6.07) is 23.3. The Morgan fingerprint density at radius 3 is 2.39 bits per heavy atom. The minimum Gasteiger partial charge on any atom is -0.354 e. The summed E-state index contributed by atoms with van der Waals surface area (Å²) in [7, 11) is 0. The molecule has 0 aromatic heterocycles. The van der Waals surface area contributed by atoms with Gasteiger partial charge in [-0.3, -0.25) is 9.59 Å². The van der Waals surface area contributed by atoms with Gasteiger partial charge in [-0.05, 0) is 47.4 Å². The fourth-order valence-corrected chi connectivity index (χ4v) is 5.13. The molecule has 7 heteroatoms. The molecule has 0 aliphatic rings. The van der Waals surface area contributed by atoms with Gasteiger partial charge in [0.1, 0.15) is 11.9 Å². The Kier molecular flexibility index (Phi) is 11.5. The van der Waals surface area contributed by atoms with Gasteiger partial charge in [0.15, 0.2) is 0 Å². The van der Waals surface area contributed by atoms with Gasteiger partial charge in [-0.15, -0.1) is 11.8 Å². The zero-order valence-electron chi connectivity index (χ0n) is 20.5. The number of carbonyl (C=O) groups excluding carboxylic acids is 2. The van der Waals surface area contributed by atoms with E-state index in [1.54, 1.807) is 17.0 Å². The maximum Gasteiger partial charge on any atom is 0.243 e. The average Bonchev–Trinajstić information content (AvgIpc) is 2.88. The van der Waals surface area contributed by atoms with Crippen molar-refractivity contribution in [3.63, 3.8) is 0 Å². The van der Waals surface area contributed by atoms with Crippen LogP contribution in [-0.2, 0) is 28.3 Å². The molecule has 0 bridgehead atoms. The Hall–Kier alpha value is -2.64. The van der Waals surface area contributed by atoms with Crippen molar-refractivity contribution in [1.29, 1.82) is 0 Å². The number of nitrogens with one attached hydrogen (secondary N) is 1. The van der Waals surface area contributed by atoms with E-state index in [-0.39, 0.29) is 23.4 Å². The minimum absolute atomic E-state index is 0.103. The van der Waals surface area contributed by atoms with E-state index in [4.69, 9.17) is 0 Å². The lowest BCUT2D eigenvalue weighted by Crippen LogP contribution is -2.51. The molecular weight excluding hydrogens is 539 g/mol. The van der Waals surface area contributed by atoms with Gasteiger partial charge in [0.2, 0.25) is 11.8 Å². The molecule has 0 aliphatic heterocycles. The van der Waals surface area contributed by atoms with Gasteiger partial charge in [-0.2, -0.15) is 0 Å². The molecule has 0 unspecified atom stereocenters. The molecule has 0 saturated carbocycles. The van der Waals surface area contributed by atoms with E-state index in [1.165, 1.54) is 23.9 Å². The van der Waals surface area contributed by atoms with Crippen molar-refractivity contribution < 1.29 is 14.0 Å². The van der Waals surface area contributed by atoms with Crippen LogP contribution in [0.25, 0.3) is 0 Å². The van der Waals surface area contributed by atoms with Crippen molar-refractivity contribution in [3.8, 4) is 0 Å². The molecule has 0 radical (unpaired) electrons. The first-order valence-electron chi connectivity index (χ1n) is 12.1. The third-order valence-electron chi connectivity index (χ3n) is 5.75. The zero-order valence-corrected chi connectivity index (χ0v) is 22.9. The number of hydrogen-bond donors (Lipinski definition) is 1. The SMILES string of the molecule is CCCCNC(=O)[C@@H](Cc1ccccc1)N(Cc1cccc(Br)c1)C(=O)CSCc1ccc(F)cc1. The largest absolute Gasteiger partial charge is 0.354 e. The lowest BCUT2D eigenvalue weighted by Gasteiger charge is -2.31. The molecule has 1 atom stereocenters. The van der Waals surface area contributed by atoms with E-state index in [0.29, 0.717) is 25.3 Å². The molecule has 190 valence electrons. The van der Waals surface area contributed by atoms with Crippen molar-refractivity contribution in [2.24, 2.45) is 0 Å². The van der Waals surface area contributed by atoms with Gasteiger partial charge in [0.25, 0.3) is 0 Å². The number of carbonyl (C=O) groups is 2. The standard InChI is InChI=1S/C29H32BrFN2O2S/c1-2-3-16-32-29(35)27(18-22-8-5-4-6-9-22)33(19-24-10-7-11-25(30)17-24)28(34)21-36-20-23-12-14-26(31)15-13-23/h4-15,17,27H,2-3,16,18-21H2,1H3,(H,32,35)/t27-/m1/s1. The summed E-state index contributed by atoms with van der Waals surface area (Å²) in [4.78, 5) is 28.7. The second-order valence-electron chi connectivity index (χ2n) is 8.62. The van der Waals surface area contributed by atoms with Gasteiger partial charge in [0.05, 0.1) is 5.75 Å². The first-order valence-corrected chi connectivity index (χ1v) is 14.1. The van der Waals surface area contributed by atoms with Crippen LogP contribution in [0.15, 0.2) is 83.3 Å². The van der Waals surface area contributed by atoms with E-state index < -0.39 is 6.04 Å². The molecular formula is C29H32BrFN2O2S. The lowest BCUT2D eigenvalue weighted by molar-refractivity contribution is -0.139. The molecule has 3 aromatic rings. The highest BCUT2D eigenvalue weighted by Crippen LogP contribution is 2.20. The number of halogens is 2. The minimum atomic E-state index is -0.637. The van der Waals surface area contributed by atoms with Crippen molar-refractivity contribution in [3.05, 3.63) is 106 Å². The molecule has 0 fully saturated rings. The summed E-state index contributed by atoms with van der Waals surface area (Å²) < 4.78 is 14.1. The van der Waals surface area contributed by atoms with Crippen molar-refractivity contribution >= 4 is 39.5 Å². The Labute approximate surface area is 225 Å². The van der Waals surface area contributed by atoms with E-state index in [2.05, 4.69) is 28.2 Å². The third kappa shape index (κ3) is 9.10. The highest BCUT2D eigenvalue weighted by Gasteiger charge is 2.30. The van der Waals surface area contributed by atoms with Crippen LogP contribution in [0.1, 0.15) is 36.5 Å². The zero-order chi connectivity index (χ0) is 25.8. The molecule has 3 rings (SSSR count). The predicted molar refractivity (Wildman–Crippen MR) is 149 cm³/mol. The smallest absolute Gasteiger partial charge is 0.243 e. The van der Waals surface area contributed by atoms with E-state index >= 15 is 0 Å². The van der Waals surface area contributed by atoms with Gasteiger partial charge >= 0.3 is 0 Å². The number of hydrogen-bond acceptors (Lipinski definition) is 3. The Bertz CT molecular complexity index is 1110. The van der Waals surface area contributed by atoms with Crippen molar-refractivity contribution in [2.45, 2.75) is 44.5 Å². The molecule has 1 N–H and O–H groups in total. The second-order valence-corrected chi connectivity index (χ2v) is 10.5. The molecule has 0 aliphatic carbocycles. The summed E-state index contributed by atoms with van der Waals surface area (Å²) in [6.45, 7) is 2.99. The van der Waals surface area contributed by atoms with Crippen LogP contribution >= 0.6 is 27.7 Å². The predicted octanol–water partition coefficient (Wildman–Crippen LogP) is 6.38. The molecule has 36 heavy (non-hydrogen) atoms. The summed E-state index contributed by atoms with van der Waals surface area (Å²) >= 11 is 4.97. The lowest BCUT2D eigenvalue weighted by atomic mass is 10.0. The molecule has 0 heterocycles. The quantitative estimate of drug-likeness (QED) is 0.243. The van der Waals surface area contributed by atoms with Gasteiger partial charge in [-0.25, -0.2) is 4.39 Å². The summed E-state index contributed by atoms with van der Waals surface area (Å²) in [5.74, 6) is 0.285. The van der Waals surface area contributed by atoms with Crippen LogP contribution in [0.3, 0.4) is 0 Å². The van der Waals surface area contributed by atoms with Gasteiger partial charge in [0, 0.05) is 29.7 Å². The van der Waals surface area contributed by atoms with E-state index in [0.717, 1.165) is 34.0 Å². The third-order valence-corrected chi connectivity index (χ3v) is 7.23. The topological polar surface area (TPSA) is 49.4 Å². The second kappa shape index (κ2) is 14.8. The van der Waals surface area contributed by atoms with Crippen LogP contribution < -0.4 is 5.32 Å². The molecule has 0 saturated heterocycles. The monoisotopic (exact) mass is 570 g/mol. The Morgan fingerprint density at radius 2 is 1.69 bits per heavy atom. The molecule has 4 nitrogen and oxygen atoms in total. The first kappa shape index (κ1) is 27.9. The van der Waals surface area contributed by atoms with Crippen LogP contribution in [0.5, 0.6) is 0 Å². The molecule has 0 spiro atoms. The highest BCUT2D eigenvalue weighted by molar-refractivity contribution is 9.10. The maximum atomic E-state index is 13.6. The number of rotatable bonds is 13. The Morgan fingerprint density at radius 1 is 0.972 bits per heavy atom. The fraction of sp³-hybridized carbons (Fsp3) is 0.310. The summed E-state index contributed by atoms with van der Waals surface area (Å²) in [5.41, 5.74) is 2.89. The normalized spacial score (nSPS) is 11.6. The van der Waals surface area contributed by atoms with Crippen molar-refractivity contribution in [2.75, 3.05) is 12.3 Å². The van der Waals surface area contributed by atoms with E-state index in [1.807, 2.05) is 54.6 Å². The summed E-state index contributed by atoms with van der Waals surface area (Å²) in [6.07, 6.45) is 2.29. The number of unbranched alkanes of at least 4 members (excludes halogenated alkanes) is 1. The maximum absolute atomic E-state index is 13.6. The number of nitrogens with zero attached hydrogens (tertiary/aromatic N) is 1. The van der Waals surface area contributed by atoms with Crippen LogP contribution in [0.4, 0.5) is 4.39 Å². The van der Waals surface area contributed by atoms with Gasteiger partial charge < -0.3 is 10.2 Å². The van der Waals surface area contributed by atoms with Crippen molar-refractivity contribution in [1.82, 2.24) is 10.2 Å². The fourth-order valence-electron chi connectivity index (χ4n) is 3.81. The number of amides is 2. The Balaban J connectivity index is 1.82. The van der Waals surface area contributed by atoms with E-state index in [9.17, 15) is 14.0 Å². The molecule has 2 amide bonds. The van der Waals surface area contributed by atoms with Gasteiger partial charge in [-0.1, -0.05) is 83.9 Å². The number of thioether (sulfide) groups is 1. The summed E-state index contributed by atoms with van der Waals surface area (Å²) in [5, 5.41) is 3.04. The average molecular weight is 572 g/mol.